The fourth-order valence-corrected chi connectivity index (χ4v) is 8.02. The Morgan fingerprint density at radius 1 is 0.843 bits per heavy atom. The molecule has 51 heavy (non-hydrogen) atoms. The molecule has 0 aromatic heterocycles. The van der Waals surface area contributed by atoms with Crippen LogP contribution in [0.2, 0.25) is 10.0 Å². The molecule has 0 heterocycles. The Hall–Kier alpha value is -4.17. The molecule has 2 saturated carbocycles. The maximum Gasteiger partial charge on any atom is 0.339 e. The summed E-state index contributed by atoms with van der Waals surface area (Å²) in [6.45, 7) is -1.85. The molecule has 4 aromatic carbocycles. The summed E-state index contributed by atoms with van der Waals surface area (Å²) in [6.07, 6.45) is 4.07. The van der Waals surface area contributed by atoms with Gasteiger partial charge in [0.25, 0.3) is 0 Å². The zero-order valence-corrected chi connectivity index (χ0v) is 29.3. The summed E-state index contributed by atoms with van der Waals surface area (Å²) in [5, 5.41) is 8.18. The van der Waals surface area contributed by atoms with E-state index in [9.17, 15) is 36.3 Å². The number of rotatable bonds is 13. The lowest BCUT2D eigenvalue weighted by atomic mass is 9.99. The fourth-order valence-electron chi connectivity index (χ4n) is 5.89. The quantitative estimate of drug-likeness (QED) is 0.0833. The first-order chi connectivity index (χ1) is 24.2. The van der Waals surface area contributed by atoms with Gasteiger partial charge in [0.05, 0.1) is 20.2 Å². The molecule has 0 spiro atoms. The molecule has 4 aromatic rings. The number of hydrogen-bond acceptors (Lipinski definition) is 5. The number of methoxy groups -OCH3 is 1. The van der Waals surface area contributed by atoms with Crippen molar-refractivity contribution >= 4 is 50.8 Å². The Bertz CT molecular complexity index is 2100. The second kappa shape index (κ2) is 14.5. The highest BCUT2D eigenvalue weighted by Crippen LogP contribution is 2.45. The van der Waals surface area contributed by atoms with E-state index in [1.165, 1.54) is 48.4 Å². The van der Waals surface area contributed by atoms with Crippen LogP contribution in [-0.2, 0) is 27.9 Å². The number of carbonyl (C=O) groups is 2. The lowest BCUT2D eigenvalue weighted by Crippen LogP contribution is -2.43. The SMILES string of the molecule is COc1cc(N(Cc2cc(C3CC3)cc(C3CC3)c2)C(=O)CN(Cc2ccccc2Cl)S(=O)(=O)c2c(F)c(F)c(F)c(F)c2Cl)ccc1C(=O)O. The molecule has 2 aliphatic carbocycles. The molecular weight excluding hydrogens is 735 g/mol. The number of aromatic carboxylic acids is 1. The zero-order chi connectivity index (χ0) is 36.8. The summed E-state index contributed by atoms with van der Waals surface area (Å²) in [6, 6.07) is 15.9. The van der Waals surface area contributed by atoms with Crippen LogP contribution in [0.4, 0.5) is 23.2 Å². The second-order valence-corrected chi connectivity index (χ2v) is 15.1. The second-order valence-electron chi connectivity index (χ2n) is 12.5. The first-order valence-electron chi connectivity index (χ1n) is 15.8. The first-order valence-corrected chi connectivity index (χ1v) is 18.0. The van der Waals surface area contributed by atoms with Crippen molar-refractivity contribution < 1.29 is 45.4 Å². The van der Waals surface area contributed by atoms with Crippen molar-refractivity contribution in [3.8, 4) is 5.75 Å². The Morgan fingerprint density at radius 2 is 1.45 bits per heavy atom. The number of anilines is 1. The van der Waals surface area contributed by atoms with Gasteiger partial charge in [0.15, 0.2) is 23.3 Å². The van der Waals surface area contributed by atoms with Crippen LogP contribution >= 0.6 is 23.2 Å². The summed E-state index contributed by atoms with van der Waals surface area (Å²) in [5.41, 5.74) is 3.00. The lowest BCUT2D eigenvalue weighted by Gasteiger charge is -2.29. The Kier molecular flexibility index (Phi) is 10.4. The molecule has 2 aliphatic rings. The Balaban J connectivity index is 1.46. The first kappa shape index (κ1) is 36.6. The predicted octanol–water partition coefficient (Wildman–Crippen LogP) is 8.44. The van der Waals surface area contributed by atoms with Crippen LogP contribution in [0.5, 0.6) is 5.75 Å². The molecule has 0 aliphatic heterocycles. The van der Waals surface area contributed by atoms with E-state index in [2.05, 4.69) is 6.07 Å². The molecule has 6 rings (SSSR count). The third kappa shape index (κ3) is 7.57. The maximum absolute atomic E-state index is 15.2. The van der Waals surface area contributed by atoms with Crippen molar-refractivity contribution in [2.45, 2.75) is 55.5 Å². The third-order valence-electron chi connectivity index (χ3n) is 8.89. The van der Waals surface area contributed by atoms with Crippen LogP contribution in [0.15, 0.2) is 65.6 Å². The van der Waals surface area contributed by atoms with Crippen LogP contribution in [0.1, 0.15) is 70.1 Å². The molecule has 0 atom stereocenters. The van der Waals surface area contributed by atoms with E-state index >= 15 is 4.39 Å². The van der Waals surface area contributed by atoms with Crippen molar-refractivity contribution in [2.24, 2.45) is 0 Å². The van der Waals surface area contributed by atoms with Crippen molar-refractivity contribution in [3.63, 3.8) is 0 Å². The standard InChI is InChI=1S/C36H30Cl2F4N2O6S/c1-50-28-15-25(10-11-26(28)36(46)47)44(16-19-12-23(20-6-7-20)14-24(13-19)21-8-9-21)29(45)18-43(17-22-4-2-3-5-27(22)37)51(48,49)35-30(38)31(39)32(40)33(41)34(35)42/h2-5,10-15,20-21H,6-9,16-18H2,1H3,(H,46,47). The Labute approximate surface area is 301 Å². The van der Waals surface area contributed by atoms with Gasteiger partial charge in [-0.3, -0.25) is 4.79 Å². The average molecular weight is 766 g/mol. The van der Waals surface area contributed by atoms with Gasteiger partial charge in [0.2, 0.25) is 15.9 Å². The number of halogens is 6. The van der Waals surface area contributed by atoms with Gasteiger partial charge in [-0.1, -0.05) is 59.6 Å². The molecule has 0 unspecified atom stereocenters. The summed E-state index contributed by atoms with van der Waals surface area (Å²) in [5.74, 6) is -10.7. The van der Waals surface area contributed by atoms with Crippen LogP contribution in [0.3, 0.4) is 0 Å². The molecule has 268 valence electrons. The van der Waals surface area contributed by atoms with E-state index in [1.54, 1.807) is 6.07 Å². The maximum atomic E-state index is 15.2. The minimum absolute atomic E-state index is 0.0588. The molecule has 2 fully saturated rings. The molecular formula is C36H30Cl2F4N2O6S. The van der Waals surface area contributed by atoms with Crippen molar-refractivity contribution in [3.05, 3.63) is 122 Å². The number of hydrogen-bond donors (Lipinski definition) is 1. The highest BCUT2D eigenvalue weighted by atomic mass is 35.5. The average Bonchev–Trinajstić information content (AvgIpc) is 4.03. The molecule has 1 N–H and O–H groups in total. The van der Waals surface area contributed by atoms with Crippen LogP contribution in [0, 0.1) is 23.3 Å². The van der Waals surface area contributed by atoms with Crippen molar-refractivity contribution in [1.82, 2.24) is 4.31 Å². The van der Waals surface area contributed by atoms with Crippen molar-refractivity contribution in [1.29, 1.82) is 0 Å². The topological polar surface area (TPSA) is 104 Å². The van der Waals surface area contributed by atoms with Gasteiger partial charge >= 0.3 is 5.97 Å². The number of nitrogens with zero attached hydrogens (tertiary/aromatic N) is 2. The zero-order valence-electron chi connectivity index (χ0n) is 26.9. The fraction of sp³-hybridized carbons (Fsp3) is 0.278. The number of amides is 1. The van der Waals surface area contributed by atoms with Gasteiger partial charge in [-0.05, 0) is 78.0 Å². The monoisotopic (exact) mass is 764 g/mol. The third-order valence-corrected chi connectivity index (χ3v) is 11.6. The summed E-state index contributed by atoms with van der Waals surface area (Å²) in [7, 11) is -4.16. The molecule has 0 radical (unpaired) electrons. The summed E-state index contributed by atoms with van der Waals surface area (Å²) in [4.78, 5) is 25.8. The van der Waals surface area contributed by atoms with E-state index in [-0.39, 0.29) is 34.1 Å². The van der Waals surface area contributed by atoms with E-state index in [0.29, 0.717) is 21.7 Å². The molecule has 1 amide bonds. The largest absolute Gasteiger partial charge is 0.496 e. The van der Waals surface area contributed by atoms with E-state index in [1.807, 2.05) is 12.1 Å². The van der Waals surface area contributed by atoms with E-state index < -0.39 is 68.2 Å². The minimum Gasteiger partial charge on any atom is -0.496 e. The van der Waals surface area contributed by atoms with E-state index in [0.717, 1.165) is 36.8 Å². The number of carboxylic acids is 1. The van der Waals surface area contributed by atoms with Crippen LogP contribution < -0.4 is 9.64 Å². The number of ether oxygens (including phenoxy) is 1. The number of sulfonamides is 1. The summed E-state index contributed by atoms with van der Waals surface area (Å²) < 4.78 is 92.1. The smallest absolute Gasteiger partial charge is 0.339 e. The lowest BCUT2D eigenvalue weighted by molar-refractivity contribution is -0.119. The normalized spacial score (nSPS) is 14.5. The summed E-state index contributed by atoms with van der Waals surface area (Å²) >= 11 is 12.1. The highest BCUT2D eigenvalue weighted by molar-refractivity contribution is 7.89. The Morgan fingerprint density at radius 3 is 2.02 bits per heavy atom. The molecule has 0 bridgehead atoms. The highest BCUT2D eigenvalue weighted by Gasteiger charge is 2.38. The van der Waals surface area contributed by atoms with Gasteiger partial charge < -0.3 is 14.7 Å². The van der Waals surface area contributed by atoms with Gasteiger partial charge in [-0.25, -0.2) is 30.8 Å². The van der Waals surface area contributed by atoms with Crippen LogP contribution in [-0.4, -0.2) is 43.4 Å². The van der Waals surface area contributed by atoms with Gasteiger partial charge in [0, 0.05) is 23.3 Å². The van der Waals surface area contributed by atoms with E-state index in [4.69, 9.17) is 27.9 Å². The van der Waals surface area contributed by atoms with Gasteiger partial charge in [-0.2, -0.15) is 4.31 Å². The van der Waals surface area contributed by atoms with Gasteiger partial charge in [0.1, 0.15) is 21.2 Å². The van der Waals surface area contributed by atoms with Gasteiger partial charge in [-0.15, -0.1) is 0 Å². The van der Waals surface area contributed by atoms with Crippen molar-refractivity contribution in [2.75, 3.05) is 18.6 Å². The number of carbonyl (C=O) groups excluding carboxylic acids is 1. The molecule has 0 saturated heterocycles. The minimum atomic E-state index is -5.40. The number of benzene rings is 4. The predicted molar refractivity (Wildman–Crippen MR) is 182 cm³/mol. The van der Waals surface area contributed by atoms with Crippen LogP contribution in [0.25, 0.3) is 0 Å². The number of carboxylic acid groups (broad SMARTS) is 1. The molecule has 15 heteroatoms. The molecule has 8 nitrogen and oxygen atoms in total.